The van der Waals surface area contributed by atoms with Gasteiger partial charge in [0.05, 0.1) is 6.61 Å². The first-order chi connectivity index (χ1) is 14.6. The predicted molar refractivity (Wildman–Crippen MR) is 113 cm³/mol. The molecule has 6 nitrogen and oxygen atoms in total. The molecule has 0 bridgehead atoms. The van der Waals surface area contributed by atoms with E-state index in [1.807, 2.05) is 48.5 Å². The summed E-state index contributed by atoms with van der Waals surface area (Å²) in [5, 5.41) is 9.69. The number of carboxylic acid groups (broad SMARTS) is 1. The molecule has 1 amide bonds. The van der Waals surface area contributed by atoms with E-state index in [1.54, 1.807) is 0 Å². The second kappa shape index (κ2) is 8.98. The molecule has 2 aliphatic rings. The van der Waals surface area contributed by atoms with Crippen LogP contribution in [-0.2, 0) is 27.3 Å². The van der Waals surface area contributed by atoms with Crippen molar-refractivity contribution in [3.63, 3.8) is 0 Å². The van der Waals surface area contributed by atoms with Crippen LogP contribution in [0.4, 0.5) is 0 Å². The van der Waals surface area contributed by atoms with Gasteiger partial charge in [0.1, 0.15) is 5.72 Å². The van der Waals surface area contributed by atoms with Gasteiger partial charge >= 0.3 is 5.97 Å². The molecule has 1 atom stereocenters. The number of carbonyl (C=O) groups is 2. The second-order valence-corrected chi connectivity index (χ2v) is 8.12. The highest BCUT2D eigenvalue weighted by atomic mass is 16.5. The van der Waals surface area contributed by atoms with Crippen molar-refractivity contribution in [1.29, 1.82) is 0 Å². The van der Waals surface area contributed by atoms with Crippen LogP contribution in [0.1, 0.15) is 30.4 Å². The molecule has 6 heteroatoms. The van der Waals surface area contributed by atoms with Gasteiger partial charge in [-0.3, -0.25) is 14.6 Å². The zero-order valence-electron chi connectivity index (χ0n) is 17.1. The fourth-order valence-corrected chi connectivity index (χ4v) is 4.55. The van der Waals surface area contributed by atoms with Crippen LogP contribution in [0.5, 0.6) is 0 Å². The minimum absolute atomic E-state index is 0.0606. The lowest BCUT2D eigenvalue weighted by molar-refractivity contribution is -0.166. The number of piperidine rings is 1. The van der Waals surface area contributed by atoms with Crippen LogP contribution >= 0.6 is 0 Å². The summed E-state index contributed by atoms with van der Waals surface area (Å²) in [6.07, 6.45) is 2.13. The average Bonchev–Trinajstić information content (AvgIpc) is 3.14. The number of likely N-dealkylation sites (tertiary alicyclic amines) is 1. The van der Waals surface area contributed by atoms with Crippen molar-refractivity contribution >= 4 is 11.9 Å². The smallest absolute Gasteiger partial charge is 0.328 e. The van der Waals surface area contributed by atoms with Crippen molar-refractivity contribution in [2.75, 3.05) is 19.7 Å². The number of nitrogens with zero attached hydrogens (tertiary/aromatic N) is 2. The average molecular weight is 408 g/mol. The molecular formula is C24H28N2O4. The maximum Gasteiger partial charge on any atom is 0.328 e. The van der Waals surface area contributed by atoms with Gasteiger partial charge in [-0.2, -0.15) is 0 Å². The lowest BCUT2D eigenvalue weighted by atomic mass is 9.96. The summed E-state index contributed by atoms with van der Waals surface area (Å²) in [5.41, 5.74) is 1.52. The minimum Gasteiger partial charge on any atom is -0.480 e. The highest BCUT2D eigenvalue weighted by Crippen LogP contribution is 2.38. The van der Waals surface area contributed by atoms with Crippen LogP contribution < -0.4 is 0 Å². The summed E-state index contributed by atoms with van der Waals surface area (Å²) >= 11 is 0. The number of hydrogen-bond donors (Lipinski definition) is 1. The zero-order valence-corrected chi connectivity index (χ0v) is 17.1. The number of aliphatic carboxylic acids is 1. The van der Waals surface area contributed by atoms with Crippen LogP contribution in [0.15, 0.2) is 60.7 Å². The van der Waals surface area contributed by atoms with Crippen LogP contribution in [0.2, 0.25) is 0 Å². The fraction of sp³-hybridized carbons (Fsp3) is 0.417. The highest BCUT2D eigenvalue weighted by molar-refractivity contribution is 5.85. The third-order valence-electron chi connectivity index (χ3n) is 6.17. The number of benzene rings is 2. The van der Waals surface area contributed by atoms with Crippen molar-refractivity contribution in [3.8, 4) is 0 Å². The van der Waals surface area contributed by atoms with Crippen molar-refractivity contribution in [3.05, 3.63) is 71.8 Å². The third-order valence-corrected chi connectivity index (χ3v) is 6.17. The van der Waals surface area contributed by atoms with E-state index in [0.29, 0.717) is 19.3 Å². The molecule has 158 valence electrons. The van der Waals surface area contributed by atoms with Gasteiger partial charge in [-0.05, 0) is 17.5 Å². The molecular weight excluding hydrogens is 380 g/mol. The lowest BCUT2D eigenvalue weighted by Gasteiger charge is -2.44. The van der Waals surface area contributed by atoms with Crippen molar-refractivity contribution in [2.45, 2.75) is 44.0 Å². The van der Waals surface area contributed by atoms with E-state index in [0.717, 1.165) is 25.2 Å². The molecule has 2 heterocycles. The summed E-state index contributed by atoms with van der Waals surface area (Å²) in [6, 6.07) is 19.2. The molecule has 1 unspecified atom stereocenters. The molecule has 1 spiro atoms. The Morgan fingerprint density at radius 3 is 2.17 bits per heavy atom. The van der Waals surface area contributed by atoms with Crippen molar-refractivity contribution < 1.29 is 19.4 Å². The lowest BCUT2D eigenvalue weighted by Crippen LogP contribution is -2.58. The fourth-order valence-electron chi connectivity index (χ4n) is 4.55. The monoisotopic (exact) mass is 408 g/mol. The number of carboxylic acids is 1. The van der Waals surface area contributed by atoms with E-state index in [9.17, 15) is 14.7 Å². The number of hydrogen-bond acceptors (Lipinski definition) is 4. The van der Waals surface area contributed by atoms with E-state index in [-0.39, 0.29) is 18.9 Å². The number of amides is 1. The van der Waals surface area contributed by atoms with Crippen LogP contribution in [0, 0.1) is 0 Å². The molecule has 2 saturated heterocycles. The molecule has 30 heavy (non-hydrogen) atoms. The number of ether oxygens (including phenoxy) is 1. The van der Waals surface area contributed by atoms with E-state index in [2.05, 4.69) is 17.0 Å². The molecule has 0 saturated carbocycles. The normalized spacial score (nSPS) is 21.1. The van der Waals surface area contributed by atoms with E-state index in [1.165, 1.54) is 10.5 Å². The maximum atomic E-state index is 13.1. The van der Waals surface area contributed by atoms with Gasteiger partial charge < -0.3 is 9.84 Å². The molecule has 2 fully saturated rings. The van der Waals surface area contributed by atoms with E-state index >= 15 is 0 Å². The first-order valence-corrected chi connectivity index (χ1v) is 10.6. The standard InChI is InChI=1S/C24H28N2O4/c27-22(12-11-19-7-3-1-4-8-19)26-21(23(28)29)18-30-24(26)13-15-25(16-14-24)17-20-9-5-2-6-10-20/h1-10,21H,11-18H2,(H,28,29). The minimum atomic E-state index is -0.994. The Balaban J connectivity index is 1.43. The number of rotatable bonds is 6. The molecule has 2 aliphatic heterocycles. The van der Waals surface area contributed by atoms with Crippen molar-refractivity contribution in [1.82, 2.24) is 9.80 Å². The molecule has 0 radical (unpaired) electrons. The Hall–Kier alpha value is -2.70. The van der Waals surface area contributed by atoms with Crippen molar-refractivity contribution in [2.24, 2.45) is 0 Å². The summed E-state index contributed by atoms with van der Waals surface area (Å²) in [6.45, 7) is 2.44. The molecule has 2 aromatic rings. The SMILES string of the molecule is O=C(O)C1COC2(CCN(Cc3ccccc3)CC2)N1C(=O)CCc1ccccc1. The first-order valence-electron chi connectivity index (χ1n) is 10.6. The quantitative estimate of drug-likeness (QED) is 0.796. The molecule has 2 aromatic carbocycles. The van der Waals surface area contributed by atoms with Gasteiger partial charge in [0.2, 0.25) is 5.91 Å². The van der Waals surface area contributed by atoms with Gasteiger partial charge in [0.15, 0.2) is 6.04 Å². The van der Waals surface area contributed by atoms with Gasteiger partial charge in [-0.1, -0.05) is 60.7 Å². The second-order valence-electron chi connectivity index (χ2n) is 8.12. The van der Waals surface area contributed by atoms with Gasteiger partial charge in [-0.25, -0.2) is 4.79 Å². The molecule has 4 rings (SSSR count). The Morgan fingerprint density at radius 1 is 0.967 bits per heavy atom. The molecule has 0 aliphatic carbocycles. The van der Waals surface area contributed by atoms with Crippen LogP contribution in [0.3, 0.4) is 0 Å². The van der Waals surface area contributed by atoms with Crippen LogP contribution in [-0.4, -0.2) is 58.2 Å². The van der Waals surface area contributed by atoms with Gasteiger partial charge in [0, 0.05) is 38.9 Å². The van der Waals surface area contributed by atoms with E-state index < -0.39 is 17.7 Å². The molecule has 1 N–H and O–H groups in total. The first kappa shape index (κ1) is 20.6. The summed E-state index contributed by atoms with van der Waals surface area (Å²) in [4.78, 5) is 28.9. The van der Waals surface area contributed by atoms with Gasteiger partial charge in [-0.15, -0.1) is 0 Å². The largest absolute Gasteiger partial charge is 0.480 e. The number of aryl methyl sites for hydroxylation is 1. The summed E-state index contributed by atoms with van der Waals surface area (Å²) in [5.74, 6) is -1.13. The topological polar surface area (TPSA) is 70.1 Å². The third kappa shape index (κ3) is 4.40. The Morgan fingerprint density at radius 2 is 1.57 bits per heavy atom. The maximum absolute atomic E-state index is 13.1. The Kier molecular flexibility index (Phi) is 6.16. The van der Waals surface area contributed by atoms with E-state index in [4.69, 9.17) is 4.74 Å². The van der Waals surface area contributed by atoms with Crippen LogP contribution in [0.25, 0.3) is 0 Å². The summed E-state index contributed by atoms with van der Waals surface area (Å²) in [7, 11) is 0. The Bertz CT molecular complexity index is 863. The Labute approximate surface area is 177 Å². The molecule has 0 aromatic heterocycles. The highest BCUT2D eigenvalue weighted by Gasteiger charge is 2.53. The predicted octanol–water partition coefficient (Wildman–Crippen LogP) is 2.92. The number of carbonyl (C=O) groups excluding carboxylic acids is 1. The van der Waals surface area contributed by atoms with Gasteiger partial charge in [0.25, 0.3) is 0 Å². The zero-order chi connectivity index (χ0) is 21.0. The summed E-state index contributed by atoms with van der Waals surface area (Å²) < 4.78 is 6.04.